The van der Waals surface area contributed by atoms with E-state index in [2.05, 4.69) is 10.3 Å². The number of aliphatic hydroxyl groups excluding tert-OH is 1. The van der Waals surface area contributed by atoms with Crippen molar-refractivity contribution in [1.82, 2.24) is 10.3 Å². The average molecular weight is 485 g/mol. The van der Waals surface area contributed by atoms with Gasteiger partial charge < -0.3 is 10.4 Å². The molecule has 2 N–H and O–H groups in total. The van der Waals surface area contributed by atoms with Gasteiger partial charge in [0.1, 0.15) is 5.69 Å². The van der Waals surface area contributed by atoms with Crippen molar-refractivity contribution in [2.75, 3.05) is 6.54 Å². The molecule has 0 aliphatic rings. The lowest BCUT2D eigenvalue weighted by Gasteiger charge is -2.21. The number of nitrogens with one attached hydrogen (secondary N) is 1. The number of aliphatic hydroxyl groups is 1. The van der Waals surface area contributed by atoms with Crippen molar-refractivity contribution >= 4 is 12.4 Å². The lowest BCUT2D eigenvalue weighted by Crippen LogP contribution is -2.32. The number of hydrogen-bond donors (Lipinski definition) is 2. The fourth-order valence-electron chi connectivity index (χ4n) is 3.31. The number of benzene rings is 1. The van der Waals surface area contributed by atoms with E-state index in [9.17, 15) is 31.4 Å². The number of pyridine rings is 1. The molecule has 0 aliphatic carbocycles. The molecule has 180 valence electrons. The minimum atomic E-state index is -4.77. The molecular formula is C22H27ClF6N2O. The molecular weight excluding hydrogens is 458 g/mol. The van der Waals surface area contributed by atoms with E-state index >= 15 is 0 Å². The normalized spacial score (nSPS) is 13.2. The Hall–Kier alpha value is -1.84. The molecule has 0 saturated heterocycles. The molecule has 0 fully saturated rings. The van der Waals surface area contributed by atoms with Crippen LogP contribution in [0.1, 0.15) is 62.5 Å². The Kier molecular flexibility index (Phi) is 10.4. The Balaban J connectivity index is 0.00000512. The lowest BCUT2D eigenvalue weighted by molar-refractivity contribution is -0.141. The molecule has 32 heavy (non-hydrogen) atoms. The molecule has 1 aromatic carbocycles. The first-order valence-electron chi connectivity index (χ1n) is 10.1. The van der Waals surface area contributed by atoms with Crippen LogP contribution in [0.25, 0.3) is 11.3 Å². The maximum Gasteiger partial charge on any atom is 0.433 e. The Morgan fingerprint density at radius 2 is 1.47 bits per heavy atom. The van der Waals surface area contributed by atoms with Gasteiger partial charge in [-0.2, -0.15) is 26.3 Å². The minimum absolute atomic E-state index is 0. The molecule has 0 bridgehead atoms. The van der Waals surface area contributed by atoms with Crippen molar-refractivity contribution < 1.29 is 31.4 Å². The summed E-state index contributed by atoms with van der Waals surface area (Å²) < 4.78 is 78.4. The SMILES string of the molecule is CCCC(CCC)NCC(O)c1cc(-c2ccc(C(F)(F)F)cc2)nc(C(F)(F)F)c1.Cl. The van der Waals surface area contributed by atoms with E-state index in [1.807, 2.05) is 13.8 Å². The quantitative estimate of drug-likeness (QED) is 0.385. The Morgan fingerprint density at radius 3 is 1.94 bits per heavy atom. The summed E-state index contributed by atoms with van der Waals surface area (Å²) in [5.74, 6) is 0. The monoisotopic (exact) mass is 484 g/mol. The Bertz CT molecular complexity index is 834. The highest BCUT2D eigenvalue weighted by molar-refractivity contribution is 5.85. The standard InChI is InChI=1S/C22H26F6N2O.ClH/c1-3-5-17(6-4-2)29-13-19(31)15-11-18(30-20(12-15)22(26,27)28)14-7-9-16(10-8-14)21(23,24)25;/h7-12,17,19,29,31H,3-6,13H2,1-2H3;1H. The summed E-state index contributed by atoms with van der Waals surface area (Å²) >= 11 is 0. The van der Waals surface area contributed by atoms with Crippen LogP contribution >= 0.6 is 12.4 Å². The number of aromatic nitrogens is 1. The van der Waals surface area contributed by atoms with Crippen molar-refractivity contribution in [3.05, 3.63) is 53.2 Å². The summed E-state index contributed by atoms with van der Waals surface area (Å²) in [5.41, 5.74) is -2.19. The van der Waals surface area contributed by atoms with Gasteiger partial charge in [0.15, 0.2) is 0 Å². The summed E-state index contributed by atoms with van der Waals surface area (Å²) in [7, 11) is 0. The predicted octanol–water partition coefficient (Wildman–Crippen LogP) is 6.80. The van der Waals surface area contributed by atoms with Gasteiger partial charge in [0.25, 0.3) is 0 Å². The van der Waals surface area contributed by atoms with Gasteiger partial charge in [-0.15, -0.1) is 12.4 Å². The van der Waals surface area contributed by atoms with Crippen LogP contribution in [0.5, 0.6) is 0 Å². The van der Waals surface area contributed by atoms with Gasteiger partial charge in [-0.3, -0.25) is 0 Å². The van der Waals surface area contributed by atoms with E-state index < -0.39 is 29.7 Å². The van der Waals surface area contributed by atoms with Crippen molar-refractivity contribution in [2.45, 2.75) is 64.0 Å². The van der Waals surface area contributed by atoms with Crippen LogP contribution < -0.4 is 5.32 Å². The summed E-state index contributed by atoms with van der Waals surface area (Å²) in [6.07, 6.45) is -6.94. The molecule has 0 aliphatic heterocycles. The molecule has 0 radical (unpaired) electrons. The van der Waals surface area contributed by atoms with Crippen LogP contribution in [-0.4, -0.2) is 22.7 Å². The number of rotatable bonds is 9. The van der Waals surface area contributed by atoms with Gasteiger partial charge in [-0.1, -0.05) is 38.8 Å². The summed E-state index contributed by atoms with van der Waals surface area (Å²) in [4.78, 5) is 3.57. The second kappa shape index (κ2) is 11.9. The molecule has 3 nitrogen and oxygen atoms in total. The highest BCUT2D eigenvalue weighted by atomic mass is 35.5. The third-order valence-electron chi connectivity index (χ3n) is 4.91. The van der Waals surface area contributed by atoms with E-state index in [-0.39, 0.29) is 41.8 Å². The molecule has 0 spiro atoms. The van der Waals surface area contributed by atoms with Crippen LogP contribution in [-0.2, 0) is 12.4 Å². The number of halogens is 7. The maximum atomic E-state index is 13.4. The fourth-order valence-corrected chi connectivity index (χ4v) is 3.31. The van der Waals surface area contributed by atoms with Crippen molar-refractivity contribution in [1.29, 1.82) is 0 Å². The predicted molar refractivity (Wildman–Crippen MR) is 113 cm³/mol. The summed E-state index contributed by atoms with van der Waals surface area (Å²) in [5, 5.41) is 13.7. The zero-order valence-corrected chi connectivity index (χ0v) is 18.5. The van der Waals surface area contributed by atoms with Crippen LogP contribution in [0.2, 0.25) is 0 Å². The minimum Gasteiger partial charge on any atom is -0.387 e. The zero-order valence-electron chi connectivity index (χ0n) is 17.7. The zero-order chi connectivity index (χ0) is 23.2. The molecule has 2 rings (SSSR count). The van der Waals surface area contributed by atoms with Gasteiger partial charge in [0.05, 0.1) is 17.4 Å². The lowest BCUT2D eigenvalue weighted by atomic mass is 10.0. The molecule has 2 aromatic rings. The third kappa shape index (κ3) is 7.94. The Labute approximate surface area is 189 Å². The van der Waals surface area contributed by atoms with Crippen LogP contribution in [0, 0.1) is 0 Å². The first-order chi connectivity index (χ1) is 14.5. The average Bonchev–Trinajstić information content (AvgIpc) is 2.70. The van der Waals surface area contributed by atoms with Gasteiger partial charge >= 0.3 is 12.4 Å². The van der Waals surface area contributed by atoms with E-state index in [0.29, 0.717) is 0 Å². The van der Waals surface area contributed by atoms with E-state index in [4.69, 9.17) is 0 Å². The first-order valence-corrected chi connectivity index (χ1v) is 10.1. The molecule has 1 unspecified atom stereocenters. The second-order valence-corrected chi connectivity index (χ2v) is 7.44. The first kappa shape index (κ1) is 28.2. The largest absolute Gasteiger partial charge is 0.433 e. The highest BCUT2D eigenvalue weighted by Crippen LogP contribution is 2.34. The number of hydrogen-bond acceptors (Lipinski definition) is 3. The second-order valence-electron chi connectivity index (χ2n) is 7.44. The maximum absolute atomic E-state index is 13.4. The molecule has 10 heteroatoms. The van der Waals surface area contributed by atoms with Gasteiger partial charge in [0, 0.05) is 18.2 Å². The smallest absolute Gasteiger partial charge is 0.387 e. The van der Waals surface area contributed by atoms with Gasteiger partial charge in [-0.05, 0) is 42.7 Å². The number of nitrogens with zero attached hydrogens (tertiary/aromatic N) is 1. The summed E-state index contributed by atoms with van der Waals surface area (Å²) in [6, 6.07) is 5.90. The molecule has 1 aromatic heterocycles. The van der Waals surface area contributed by atoms with Gasteiger partial charge in [0.2, 0.25) is 0 Å². The fraction of sp³-hybridized carbons (Fsp3) is 0.500. The number of alkyl halides is 6. The van der Waals surface area contributed by atoms with E-state index in [1.165, 1.54) is 6.07 Å². The van der Waals surface area contributed by atoms with Crippen LogP contribution in [0.4, 0.5) is 26.3 Å². The van der Waals surface area contributed by atoms with Crippen molar-refractivity contribution in [3.63, 3.8) is 0 Å². The molecule has 0 saturated carbocycles. The summed E-state index contributed by atoms with van der Waals surface area (Å²) in [6.45, 7) is 4.10. The van der Waals surface area contributed by atoms with E-state index in [0.717, 1.165) is 56.0 Å². The molecule has 1 heterocycles. The van der Waals surface area contributed by atoms with Crippen LogP contribution in [0.15, 0.2) is 36.4 Å². The third-order valence-corrected chi connectivity index (χ3v) is 4.91. The van der Waals surface area contributed by atoms with Crippen LogP contribution in [0.3, 0.4) is 0 Å². The van der Waals surface area contributed by atoms with Gasteiger partial charge in [-0.25, -0.2) is 4.98 Å². The van der Waals surface area contributed by atoms with Crippen molar-refractivity contribution in [2.24, 2.45) is 0 Å². The molecule has 1 atom stereocenters. The topological polar surface area (TPSA) is 45.1 Å². The molecule has 0 amide bonds. The van der Waals surface area contributed by atoms with E-state index in [1.54, 1.807) is 0 Å². The Morgan fingerprint density at radius 1 is 0.906 bits per heavy atom. The highest BCUT2D eigenvalue weighted by Gasteiger charge is 2.34. The van der Waals surface area contributed by atoms with Crippen molar-refractivity contribution in [3.8, 4) is 11.3 Å².